The number of rotatable bonds is 10. The zero-order valence-electron chi connectivity index (χ0n) is 19.2. The van der Waals surface area contributed by atoms with Crippen LogP contribution < -0.4 is 10.1 Å². The Labute approximate surface area is 196 Å². The van der Waals surface area contributed by atoms with Crippen LogP contribution in [0.3, 0.4) is 0 Å². The van der Waals surface area contributed by atoms with E-state index in [2.05, 4.69) is 5.32 Å². The molecular weight excluding hydrogens is 436 g/mol. The van der Waals surface area contributed by atoms with E-state index in [0.717, 1.165) is 16.7 Å². The van der Waals surface area contributed by atoms with Crippen LogP contribution in [-0.2, 0) is 21.2 Å². The highest BCUT2D eigenvalue weighted by atomic mass is 32.2. The number of ether oxygens (including phenoxy) is 1. The summed E-state index contributed by atoms with van der Waals surface area (Å²) in [4.78, 5) is 13.1. The molecule has 3 rings (SSSR count). The fraction of sp³-hybridized carbons (Fsp3) is 0.269. The Morgan fingerprint density at radius 2 is 1.61 bits per heavy atom. The van der Waals surface area contributed by atoms with Crippen molar-refractivity contribution in [1.82, 2.24) is 9.62 Å². The van der Waals surface area contributed by atoms with E-state index < -0.39 is 10.0 Å². The van der Waals surface area contributed by atoms with Crippen LogP contribution in [-0.4, -0.2) is 38.8 Å². The molecule has 0 aliphatic heterocycles. The summed E-state index contributed by atoms with van der Waals surface area (Å²) in [6, 6.07) is 23.4. The molecule has 1 amide bonds. The van der Waals surface area contributed by atoms with Gasteiger partial charge in [-0.15, -0.1) is 0 Å². The molecule has 0 bridgehead atoms. The number of hydrogen-bond acceptors (Lipinski definition) is 4. The summed E-state index contributed by atoms with van der Waals surface area (Å²) >= 11 is 0. The molecule has 0 heterocycles. The molecule has 1 N–H and O–H groups in total. The van der Waals surface area contributed by atoms with Gasteiger partial charge < -0.3 is 10.1 Å². The smallest absolute Gasteiger partial charge is 0.243 e. The fourth-order valence-electron chi connectivity index (χ4n) is 3.59. The predicted octanol–water partition coefficient (Wildman–Crippen LogP) is 4.11. The highest BCUT2D eigenvalue weighted by Gasteiger charge is 2.27. The number of nitrogens with zero attached hydrogens (tertiary/aromatic N) is 1. The molecule has 1 atom stereocenters. The van der Waals surface area contributed by atoms with Crippen LogP contribution in [0.25, 0.3) is 0 Å². The van der Waals surface area contributed by atoms with E-state index in [1.54, 1.807) is 31.4 Å². The first-order chi connectivity index (χ1) is 15.8. The fourth-order valence-corrected chi connectivity index (χ4v) is 4.99. The Kier molecular flexibility index (Phi) is 8.25. The quantitative estimate of drug-likeness (QED) is 0.488. The van der Waals surface area contributed by atoms with E-state index in [1.165, 1.54) is 4.31 Å². The summed E-state index contributed by atoms with van der Waals surface area (Å²) < 4.78 is 33.4. The van der Waals surface area contributed by atoms with Crippen molar-refractivity contribution in [2.45, 2.75) is 31.2 Å². The first kappa shape index (κ1) is 24.5. The normalized spacial score (nSPS) is 12.4. The van der Waals surface area contributed by atoms with E-state index in [1.807, 2.05) is 68.4 Å². The second-order valence-electron chi connectivity index (χ2n) is 7.92. The van der Waals surface area contributed by atoms with Gasteiger partial charge in [-0.3, -0.25) is 4.79 Å². The molecular formula is C26H30N2O4S. The van der Waals surface area contributed by atoms with Crippen LogP contribution in [0.2, 0.25) is 0 Å². The van der Waals surface area contributed by atoms with Crippen molar-refractivity contribution in [3.8, 4) is 5.75 Å². The van der Waals surface area contributed by atoms with Crippen molar-refractivity contribution >= 4 is 15.9 Å². The van der Waals surface area contributed by atoms with Crippen molar-refractivity contribution in [3.05, 3.63) is 95.6 Å². The maximum absolute atomic E-state index is 13.4. The molecule has 6 nitrogen and oxygen atoms in total. The summed E-state index contributed by atoms with van der Waals surface area (Å²) in [5.74, 6) is 0.288. The number of benzene rings is 3. The van der Waals surface area contributed by atoms with Crippen LogP contribution in [0.15, 0.2) is 83.8 Å². The van der Waals surface area contributed by atoms with E-state index in [-0.39, 0.29) is 29.9 Å². The largest absolute Gasteiger partial charge is 0.496 e. The zero-order valence-corrected chi connectivity index (χ0v) is 20.0. The molecule has 7 heteroatoms. The van der Waals surface area contributed by atoms with Crippen molar-refractivity contribution in [2.24, 2.45) is 0 Å². The Morgan fingerprint density at radius 1 is 0.970 bits per heavy atom. The number of carbonyl (C=O) groups excluding carboxylic acids is 1. The second-order valence-corrected chi connectivity index (χ2v) is 9.86. The third-order valence-electron chi connectivity index (χ3n) is 5.45. The molecule has 0 radical (unpaired) electrons. The third kappa shape index (κ3) is 6.43. The van der Waals surface area contributed by atoms with Gasteiger partial charge in [0.25, 0.3) is 0 Å². The van der Waals surface area contributed by atoms with E-state index in [4.69, 9.17) is 4.74 Å². The average molecular weight is 467 g/mol. The lowest BCUT2D eigenvalue weighted by Crippen LogP contribution is -2.42. The Bertz CT molecular complexity index is 1160. The van der Waals surface area contributed by atoms with Crippen molar-refractivity contribution in [1.29, 1.82) is 0 Å². The molecule has 0 spiro atoms. The van der Waals surface area contributed by atoms with Crippen LogP contribution in [0, 0.1) is 6.92 Å². The lowest BCUT2D eigenvalue weighted by molar-refractivity contribution is -0.121. The summed E-state index contributed by atoms with van der Waals surface area (Å²) in [6.07, 6.45) is 0.501. The number of aryl methyl sites for hydroxylation is 1. The monoisotopic (exact) mass is 466 g/mol. The number of amides is 1. The highest BCUT2D eigenvalue weighted by Crippen LogP contribution is 2.24. The van der Waals surface area contributed by atoms with Gasteiger partial charge >= 0.3 is 0 Å². The topological polar surface area (TPSA) is 75.7 Å². The summed E-state index contributed by atoms with van der Waals surface area (Å²) in [5.41, 5.74) is 2.79. The molecule has 0 fully saturated rings. The second kappa shape index (κ2) is 11.1. The van der Waals surface area contributed by atoms with Gasteiger partial charge in [0.15, 0.2) is 0 Å². The number of nitrogens with one attached hydrogen (secondary N) is 1. The minimum absolute atomic E-state index is 0.173. The molecule has 0 aliphatic rings. The van der Waals surface area contributed by atoms with Crippen LogP contribution in [0.1, 0.15) is 29.7 Å². The van der Waals surface area contributed by atoms with Crippen LogP contribution in [0.5, 0.6) is 5.75 Å². The molecule has 174 valence electrons. The summed E-state index contributed by atoms with van der Waals surface area (Å²) in [7, 11) is -2.27. The molecule has 0 aromatic heterocycles. The summed E-state index contributed by atoms with van der Waals surface area (Å²) in [5, 5.41) is 2.91. The Morgan fingerprint density at radius 3 is 2.27 bits per heavy atom. The third-order valence-corrected chi connectivity index (χ3v) is 7.31. The van der Waals surface area contributed by atoms with Gasteiger partial charge in [0.2, 0.25) is 15.9 Å². The molecule has 3 aromatic rings. The van der Waals surface area contributed by atoms with Gasteiger partial charge in [0.05, 0.1) is 24.6 Å². The number of para-hydroxylation sites is 1. The lowest BCUT2D eigenvalue weighted by Gasteiger charge is -2.24. The average Bonchev–Trinajstić information content (AvgIpc) is 2.82. The molecule has 0 saturated heterocycles. The SMILES string of the molecule is COc1ccccc1[C@H](C)NC(=O)CN(CCc1ccccc1)S(=O)(=O)c1ccc(C)cc1. The molecule has 0 saturated carbocycles. The van der Waals surface area contributed by atoms with E-state index in [9.17, 15) is 13.2 Å². The van der Waals surface area contributed by atoms with E-state index in [0.29, 0.717) is 12.2 Å². The maximum atomic E-state index is 13.4. The van der Waals surface area contributed by atoms with E-state index >= 15 is 0 Å². The predicted molar refractivity (Wildman–Crippen MR) is 130 cm³/mol. The minimum atomic E-state index is -3.85. The van der Waals surface area contributed by atoms with Gasteiger partial charge in [0.1, 0.15) is 5.75 Å². The molecule has 0 unspecified atom stereocenters. The molecule has 0 aliphatic carbocycles. The summed E-state index contributed by atoms with van der Waals surface area (Å²) in [6.45, 7) is 3.66. The Balaban J connectivity index is 1.79. The molecule has 3 aromatic carbocycles. The number of methoxy groups -OCH3 is 1. The number of sulfonamides is 1. The Hall–Kier alpha value is -3.16. The van der Waals surface area contributed by atoms with Crippen molar-refractivity contribution in [3.63, 3.8) is 0 Å². The minimum Gasteiger partial charge on any atom is -0.496 e. The van der Waals surface area contributed by atoms with Gasteiger partial charge in [-0.05, 0) is 44.0 Å². The highest BCUT2D eigenvalue weighted by molar-refractivity contribution is 7.89. The van der Waals surface area contributed by atoms with Crippen LogP contribution in [0.4, 0.5) is 0 Å². The van der Waals surface area contributed by atoms with Gasteiger partial charge in [0, 0.05) is 12.1 Å². The number of hydrogen-bond donors (Lipinski definition) is 1. The van der Waals surface area contributed by atoms with Crippen molar-refractivity contribution in [2.75, 3.05) is 20.2 Å². The number of carbonyl (C=O) groups is 1. The maximum Gasteiger partial charge on any atom is 0.243 e. The first-order valence-electron chi connectivity index (χ1n) is 10.8. The zero-order chi connectivity index (χ0) is 23.8. The molecule has 33 heavy (non-hydrogen) atoms. The van der Waals surface area contributed by atoms with Crippen LogP contribution >= 0.6 is 0 Å². The van der Waals surface area contributed by atoms with Gasteiger partial charge in [-0.25, -0.2) is 8.42 Å². The standard InChI is InChI=1S/C26H30N2O4S/c1-20-13-15-23(16-14-20)33(30,31)28(18-17-22-9-5-4-6-10-22)19-26(29)27-21(2)24-11-7-8-12-25(24)32-3/h4-16,21H,17-19H2,1-3H3,(H,27,29)/t21-/m0/s1. The lowest BCUT2D eigenvalue weighted by atomic mass is 10.1. The van der Waals surface area contributed by atoms with Crippen molar-refractivity contribution < 1.29 is 17.9 Å². The van der Waals surface area contributed by atoms with Gasteiger partial charge in [-0.1, -0.05) is 66.2 Å². The first-order valence-corrected chi connectivity index (χ1v) is 12.3. The van der Waals surface area contributed by atoms with Gasteiger partial charge in [-0.2, -0.15) is 4.31 Å².